The predicted molar refractivity (Wildman–Crippen MR) is 65.4 cm³/mol. The SMILES string of the molecule is Nc1c(C(=O)O)ccnc1-n1cc(I)cn1. The van der Waals surface area contributed by atoms with Crippen LogP contribution in [0.5, 0.6) is 0 Å². The van der Waals surface area contributed by atoms with Crippen molar-refractivity contribution in [3.8, 4) is 5.82 Å². The van der Waals surface area contributed by atoms with Crippen LogP contribution >= 0.6 is 22.6 Å². The molecule has 2 aromatic rings. The number of pyridine rings is 1. The fourth-order valence-corrected chi connectivity index (χ4v) is 1.64. The maximum absolute atomic E-state index is 10.9. The molecule has 0 radical (unpaired) electrons. The second-order valence-electron chi connectivity index (χ2n) is 3.00. The van der Waals surface area contributed by atoms with Crippen molar-refractivity contribution in [2.45, 2.75) is 0 Å². The minimum atomic E-state index is -1.08. The fraction of sp³-hybridized carbons (Fsp3) is 0. The van der Waals surface area contributed by atoms with E-state index in [1.54, 1.807) is 12.4 Å². The monoisotopic (exact) mass is 330 g/mol. The highest BCUT2D eigenvalue weighted by Gasteiger charge is 2.13. The van der Waals surface area contributed by atoms with E-state index in [1.807, 2.05) is 0 Å². The van der Waals surface area contributed by atoms with Crippen LogP contribution in [0.15, 0.2) is 24.7 Å². The molecule has 0 unspecified atom stereocenters. The topological polar surface area (TPSA) is 94.0 Å². The lowest BCUT2D eigenvalue weighted by molar-refractivity contribution is 0.0698. The van der Waals surface area contributed by atoms with E-state index in [0.29, 0.717) is 5.82 Å². The van der Waals surface area contributed by atoms with Crippen LogP contribution in [0.2, 0.25) is 0 Å². The Morgan fingerprint density at radius 1 is 1.56 bits per heavy atom. The van der Waals surface area contributed by atoms with Crippen molar-refractivity contribution in [1.82, 2.24) is 14.8 Å². The summed E-state index contributed by atoms with van der Waals surface area (Å²) in [5.74, 6) is -0.759. The molecule has 3 N–H and O–H groups in total. The zero-order chi connectivity index (χ0) is 11.7. The van der Waals surface area contributed by atoms with Gasteiger partial charge in [-0.2, -0.15) is 5.10 Å². The van der Waals surface area contributed by atoms with Crippen LogP contribution in [0.3, 0.4) is 0 Å². The van der Waals surface area contributed by atoms with Gasteiger partial charge in [0.1, 0.15) is 0 Å². The minimum absolute atomic E-state index is 0.0236. The highest BCUT2D eigenvalue weighted by molar-refractivity contribution is 14.1. The standard InChI is InChI=1S/C9H7IN4O2/c10-5-3-13-14(4-5)8-7(11)6(9(15)16)1-2-12-8/h1-4H,11H2,(H,15,16). The molecule has 0 fully saturated rings. The van der Waals surface area contributed by atoms with Crippen LogP contribution in [0.4, 0.5) is 5.69 Å². The smallest absolute Gasteiger partial charge is 0.337 e. The highest BCUT2D eigenvalue weighted by Crippen LogP contribution is 2.19. The minimum Gasteiger partial charge on any atom is -0.478 e. The van der Waals surface area contributed by atoms with Gasteiger partial charge in [-0.05, 0) is 28.7 Å². The van der Waals surface area contributed by atoms with Crippen molar-refractivity contribution in [3.05, 3.63) is 33.8 Å². The lowest BCUT2D eigenvalue weighted by Gasteiger charge is -2.06. The number of carbonyl (C=O) groups is 1. The Morgan fingerprint density at radius 3 is 2.88 bits per heavy atom. The van der Waals surface area contributed by atoms with Gasteiger partial charge < -0.3 is 10.8 Å². The van der Waals surface area contributed by atoms with Gasteiger partial charge in [0.2, 0.25) is 0 Å². The number of hydrogen-bond acceptors (Lipinski definition) is 4. The Labute approximate surface area is 104 Å². The molecule has 2 rings (SSSR count). The van der Waals surface area contributed by atoms with E-state index in [1.165, 1.54) is 16.9 Å². The number of carboxylic acid groups (broad SMARTS) is 1. The molecule has 6 nitrogen and oxygen atoms in total. The first-order chi connectivity index (χ1) is 7.59. The lowest BCUT2D eigenvalue weighted by atomic mass is 10.2. The number of aromatic carboxylic acids is 1. The van der Waals surface area contributed by atoms with Crippen molar-refractivity contribution in [2.24, 2.45) is 0 Å². The molecule has 82 valence electrons. The van der Waals surface area contributed by atoms with Crippen LogP contribution in [-0.2, 0) is 0 Å². The van der Waals surface area contributed by atoms with Crippen molar-refractivity contribution >= 4 is 34.2 Å². The average molecular weight is 330 g/mol. The first-order valence-electron chi connectivity index (χ1n) is 4.28. The number of anilines is 1. The number of nitrogens with zero attached hydrogens (tertiary/aromatic N) is 3. The third-order valence-electron chi connectivity index (χ3n) is 1.97. The van der Waals surface area contributed by atoms with Gasteiger partial charge in [-0.3, -0.25) is 0 Å². The van der Waals surface area contributed by atoms with E-state index in [9.17, 15) is 4.79 Å². The van der Waals surface area contributed by atoms with Crippen molar-refractivity contribution in [1.29, 1.82) is 0 Å². The second kappa shape index (κ2) is 4.08. The lowest BCUT2D eigenvalue weighted by Crippen LogP contribution is -2.09. The Bertz CT molecular complexity index is 552. The molecular weight excluding hydrogens is 323 g/mol. The fourth-order valence-electron chi connectivity index (χ4n) is 1.25. The van der Waals surface area contributed by atoms with Gasteiger partial charge in [0.05, 0.1) is 21.0 Å². The van der Waals surface area contributed by atoms with Crippen molar-refractivity contribution in [2.75, 3.05) is 5.73 Å². The van der Waals surface area contributed by atoms with Crippen molar-refractivity contribution in [3.63, 3.8) is 0 Å². The van der Waals surface area contributed by atoms with E-state index in [0.717, 1.165) is 3.57 Å². The maximum Gasteiger partial charge on any atom is 0.337 e. The molecule has 0 aromatic carbocycles. The predicted octanol–water partition coefficient (Wildman–Crippen LogP) is 1.15. The summed E-state index contributed by atoms with van der Waals surface area (Å²) < 4.78 is 2.36. The van der Waals surface area contributed by atoms with Gasteiger partial charge in [-0.25, -0.2) is 14.5 Å². The van der Waals surface area contributed by atoms with Gasteiger partial charge in [0, 0.05) is 12.4 Å². The number of nitrogen functional groups attached to an aromatic ring is 1. The number of halogens is 1. The summed E-state index contributed by atoms with van der Waals surface area (Å²) in [6, 6.07) is 1.36. The Kier molecular flexibility index (Phi) is 2.77. The summed E-state index contributed by atoms with van der Waals surface area (Å²) in [5, 5.41) is 12.9. The summed E-state index contributed by atoms with van der Waals surface area (Å²) in [4.78, 5) is 14.9. The summed E-state index contributed by atoms with van der Waals surface area (Å²) in [7, 11) is 0. The average Bonchev–Trinajstić information content (AvgIpc) is 2.64. The maximum atomic E-state index is 10.9. The summed E-state index contributed by atoms with van der Waals surface area (Å²) in [6.07, 6.45) is 4.74. The summed E-state index contributed by atoms with van der Waals surface area (Å²) in [6.45, 7) is 0. The van der Waals surface area contributed by atoms with Crippen LogP contribution < -0.4 is 5.73 Å². The quantitative estimate of drug-likeness (QED) is 0.806. The van der Waals surface area contributed by atoms with E-state index >= 15 is 0 Å². The number of hydrogen-bond donors (Lipinski definition) is 2. The van der Waals surface area contributed by atoms with Crippen LogP contribution in [-0.4, -0.2) is 25.8 Å². The molecule has 0 spiro atoms. The molecule has 2 aromatic heterocycles. The molecular formula is C9H7IN4O2. The molecule has 2 heterocycles. The molecule has 0 aliphatic rings. The Morgan fingerprint density at radius 2 is 2.31 bits per heavy atom. The third-order valence-corrected chi connectivity index (χ3v) is 2.52. The van der Waals surface area contributed by atoms with E-state index < -0.39 is 5.97 Å². The van der Waals surface area contributed by atoms with Gasteiger partial charge >= 0.3 is 5.97 Å². The number of rotatable bonds is 2. The molecule has 0 bridgehead atoms. The summed E-state index contributed by atoms with van der Waals surface area (Å²) >= 11 is 2.09. The first-order valence-corrected chi connectivity index (χ1v) is 5.36. The first kappa shape index (κ1) is 10.9. The van der Waals surface area contributed by atoms with E-state index in [4.69, 9.17) is 10.8 Å². The number of nitrogens with two attached hydrogens (primary N) is 1. The van der Waals surface area contributed by atoms with Gasteiger partial charge in [-0.15, -0.1) is 0 Å². The van der Waals surface area contributed by atoms with E-state index in [2.05, 4.69) is 32.7 Å². The second-order valence-corrected chi connectivity index (χ2v) is 4.25. The molecule has 0 aliphatic heterocycles. The number of carboxylic acids is 1. The van der Waals surface area contributed by atoms with Gasteiger partial charge in [0.15, 0.2) is 5.82 Å². The van der Waals surface area contributed by atoms with Crippen LogP contribution in [0.1, 0.15) is 10.4 Å². The number of aromatic nitrogens is 3. The zero-order valence-electron chi connectivity index (χ0n) is 7.96. The molecule has 7 heteroatoms. The molecule has 16 heavy (non-hydrogen) atoms. The molecule has 0 saturated carbocycles. The highest BCUT2D eigenvalue weighted by atomic mass is 127. The van der Waals surface area contributed by atoms with Crippen LogP contribution in [0.25, 0.3) is 5.82 Å². The van der Waals surface area contributed by atoms with Crippen LogP contribution in [0, 0.1) is 3.57 Å². The van der Waals surface area contributed by atoms with Crippen molar-refractivity contribution < 1.29 is 9.90 Å². The Balaban J connectivity index is 2.58. The molecule has 0 amide bonds. The molecule has 0 aliphatic carbocycles. The normalized spacial score (nSPS) is 10.3. The third kappa shape index (κ3) is 1.85. The zero-order valence-corrected chi connectivity index (χ0v) is 10.1. The Hall–Kier alpha value is -1.64. The van der Waals surface area contributed by atoms with Gasteiger partial charge in [-0.1, -0.05) is 0 Å². The molecule has 0 atom stereocenters. The largest absolute Gasteiger partial charge is 0.478 e. The van der Waals surface area contributed by atoms with E-state index in [-0.39, 0.29) is 11.3 Å². The summed E-state index contributed by atoms with van der Waals surface area (Å²) in [5.41, 5.74) is 5.85. The molecule has 0 saturated heterocycles. The van der Waals surface area contributed by atoms with Gasteiger partial charge in [0.25, 0.3) is 0 Å².